The van der Waals surface area contributed by atoms with E-state index in [1.54, 1.807) is 6.92 Å². The Kier molecular flexibility index (Phi) is 4.37. The van der Waals surface area contributed by atoms with E-state index < -0.39 is 11.2 Å². The van der Waals surface area contributed by atoms with E-state index in [-0.39, 0.29) is 29.6 Å². The summed E-state index contributed by atoms with van der Waals surface area (Å²) in [5.74, 6) is -0.690. The van der Waals surface area contributed by atoms with Gasteiger partial charge in [-0.25, -0.2) is 0 Å². The van der Waals surface area contributed by atoms with Gasteiger partial charge in [-0.2, -0.15) is 4.73 Å². The fourth-order valence-corrected chi connectivity index (χ4v) is 0.810. The molecule has 0 radical (unpaired) electrons. The maximum absolute atomic E-state index is 10.7. The third-order valence-electron chi connectivity index (χ3n) is 1.44. The topological polar surface area (TPSA) is 65.3 Å². The van der Waals surface area contributed by atoms with Crippen LogP contribution in [0.3, 0.4) is 0 Å². The molecular weight excluding hydrogens is 169 g/mol. The Morgan fingerprint density at radius 3 is 2.75 bits per heavy atom. The summed E-state index contributed by atoms with van der Waals surface area (Å²) in [6.07, 6.45) is 1.40. The number of pyridine rings is 1. The maximum Gasteiger partial charge on any atom is 1.00 e. The first kappa shape index (κ1) is 11.6. The van der Waals surface area contributed by atoms with E-state index in [0.717, 1.165) is 12.3 Å². The molecule has 0 aliphatic rings. The monoisotopic (exact) mass is 177 g/mol. The van der Waals surface area contributed by atoms with Crippen molar-refractivity contribution in [2.45, 2.75) is 13.3 Å². The number of nitrogens with zero attached hydrogens (tertiary/aromatic N) is 1. The number of aryl methyl sites for hydroxylation is 1. The minimum absolute atomic E-state index is 0. The van der Waals surface area contributed by atoms with Crippen LogP contribution in [0.5, 0.6) is 5.75 Å². The van der Waals surface area contributed by atoms with Gasteiger partial charge in [-0.05, 0) is 12.2 Å². The largest absolute Gasteiger partial charge is 1.00 e. The predicted molar refractivity (Wildman–Crippen MR) is 36.7 cm³/mol. The van der Waals surface area contributed by atoms with E-state index >= 15 is 0 Å². The van der Waals surface area contributed by atoms with Crippen molar-refractivity contribution in [1.29, 1.82) is 0 Å². The Morgan fingerprint density at radius 2 is 2.25 bits per heavy atom. The summed E-state index contributed by atoms with van der Waals surface area (Å²) < 4.78 is 0.684. The second-order valence-electron chi connectivity index (χ2n) is 2.19. The summed E-state index contributed by atoms with van der Waals surface area (Å²) >= 11 is 0. The molecular formula is C7H8NNaO3. The van der Waals surface area contributed by atoms with Crippen molar-refractivity contribution in [2.24, 2.45) is 0 Å². The first-order valence-electron chi connectivity index (χ1n) is 3.27. The van der Waals surface area contributed by atoms with Crippen molar-refractivity contribution in [1.82, 2.24) is 4.73 Å². The second kappa shape index (κ2) is 4.54. The smallest absolute Gasteiger partial charge is 0.869 e. The molecule has 0 fully saturated rings. The van der Waals surface area contributed by atoms with Gasteiger partial charge in [-0.1, -0.05) is 6.92 Å². The number of hydrogen-bond donors (Lipinski definition) is 1. The third-order valence-corrected chi connectivity index (χ3v) is 1.44. The van der Waals surface area contributed by atoms with E-state index in [1.807, 2.05) is 0 Å². The van der Waals surface area contributed by atoms with Gasteiger partial charge in [0.05, 0.1) is 5.69 Å². The predicted octanol–water partition coefficient (Wildman–Crippen LogP) is -3.27. The van der Waals surface area contributed by atoms with Gasteiger partial charge in [-0.15, -0.1) is 0 Å². The summed E-state index contributed by atoms with van der Waals surface area (Å²) in [6, 6.07) is 1.14. The Labute approximate surface area is 91.7 Å². The summed E-state index contributed by atoms with van der Waals surface area (Å²) in [5, 5.41) is 19.6. The quantitative estimate of drug-likeness (QED) is 0.361. The second-order valence-corrected chi connectivity index (χ2v) is 2.19. The molecule has 0 aliphatic carbocycles. The minimum Gasteiger partial charge on any atom is -0.869 e. The van der Waals surface area contributed by atoms with E-state index in [4.69, 9.17) is 5.21 Å². The van der Waals surface area contributed by atoms with Crippen LogP contribution in [0.25, 0.3) is 0 Å². The minimum atomic E-state index is -0.690. The molecule has 0 unspecified atom stereocenters. The number of hydrogen-bond acceptors (Lipinski definition) is 3. The molecule has 0 spiro atoms. The Hall–Kier alpha value is -0.450. The first-order valence-corrected chi connectivity index (χ1v) is 3.27. The zero-order valence-corrected chi connectivity index (χ0v) is 9.07. The van der Waals surface area contributed by atoms with Crippen LogP contribution < -0.4 is 40.1 Å². The zero-order valence-electron chi connectivity index (χ0n) is 7.07. The molecule has 5 heteroatoms. The molecule has 0 aromatic carbocycles. The van der Waals surface area contributed by atoms with E-state index in [9.17, 15) is 9.90 Å². The van der Waals surface area contributed by atoms with Crippen molar-refractivity contribution < 1.29 is 39.9 Å². The SMILES string of the molecule is CCc1cc(=O)c([O-])cn1O.[Na+]. The molecule has 1 aromatic heterocycles. The summed E-state index contributed by atoms with van der Waals surface area (Å²) in [6.45, 7) is 1.78. The number of rotatable bonds is 1. The number of aromatic nitrogens is 1. The van der Waals surface area contributed by atoms with Gasteiger partial charge in [0.15, 0.2) is 5.43 Å². The van der Waals surface area contributed by atoms with Crippen molar-refractivity contribution in [3.63, 3.8) is 0 Å². The van der Waals surface area contributed by atoms with Crippen LogP contribution in [0, 0.1) is 0 Å². The van der Waals surface area contributed by atoms with Gasteiger partial charge in [0, 0.05) is 12.3 Å². The third kappa shape index (κ3) is 2.27. The Bertz CT molecular complexity index is 321. The van der Waals surface area contributed by atoms with Gasteiger partial charge in [0.1, 0.15) is 0 Å². The fourth-order valence-electron chi connectivity index (χ4n) is 0.810. The van der Waals surface area contributed by atoms with Crippen molar-refractivity contribution >= 4 is 0 Å². The van der Waals surface area contributed by atoms with Crippen LogP contribution in [0.15, 0.2) is 17.1 Å². The fraction of sp³-hybridized carbons (Fsp3) is 0.286. The van der Waals surface area contributed by atoms with Crippen molar-refractivity contribution in [2.75, 3.05) is 0 Å². The molecule has 0 atom stereocenters. The molecule has 1 N–H and O–H groups in total. The van der Waals surface area contributed by atoms with Crippen LogP contribution >= 0.6 is 0 Å². The van der Waals surface area contributed by atoms with Crippen LogP contribution in [0.4, 0.5) is 0 Å². The molecule has 1 rings (SSSR count). The molecule has 0 saturated heterocycles. The Balaban J connectivity index is 0.00000121. The van der Waals surface area contributed by atoms with Crippen molar-refractivity contribution in [3.8, 4) is 5.75 Å². The average Bonchev–Trinajstić information content (AvgIpc) is 1.97. The van der Waals surface area contributed by atoms with Crippen LogP contribution in [-0.2, 0) is 6.42 Å². The van der Waals surface area contributed by atoms with E-state index in [1.165, 1.54) is 0 Å². The zero-order chi connectivity index (χ0) is 8.43. The molecule has 60 valence electrons. The van der Waals surface area contributed by atoms with Gasteiger partial charge in [-0.3, -0.25) is 4.79 Å². The standard InChI is InChI=1S/C7H9NO3.Na/c1-2-5-3-6(9)7(10)4-8(5)11;/h3-4,10-11H,2H2,1H3;/q;+1/p-1. The molecule has 12 heavy (non-hydrogen) atoms. The van der Waals surface area contributed by atoms with Gasteiger partial charge >= 0.3 is 29.6 Å². The molecule has 0 bridgehead atoms. The van der Waals surface area contributed by atoms with Gasteiger partial charge < -0.3 is 10.3 Å². The van der Waals surface area contributed by atoms with Crippen LogP contribution in [-0.4, -0.2) is 9.94 Å². The molecule has 0 aliphatic heterocycles. The summed E-state index contributed by atoms with van der Waals surface area (Å²) in [7, 11) is 0. The first-order chi connectivity index (χ1) is 5.15. The summed E-state index contributed by atoms with van der Waals surface area (Å²) in [4.78, 5) is 10.7. The van der Waals surface area contributed by atoms with Crippen molar-refractivity contribution in [3.05, 3.63) is 28.2 Å². The average molecular weight is 177 g/mol. The van der Waals surface area contributed by atoms with E-state index in [0.29, 0.717) is 16.8 Å². The van der Waals surface area contributed by atoms with Gasteiger partial charge in [0.25, 0.3) is 0 Å². The summed E-state index contributed by atoms with van der Waals surface area (Å²) in [5.41, 5.74) is -0.137. The maximum atomic E-state index is 10.7. The molecule has 1 aromatic rings. The normalized spacial score (nSPS) is 9.08. The molecule has 0 saturated carbocycles. The molecule has 0 amide bonds. The molecule has 4 nitrogen and oxygen atoms in total. The van der Waals surface area contributed by atoms with Crippen LogP contribution in [0.1, 0.15) is 12.6 Å². The molecule has 1 heterocycles. The Morgan fingerprint density at radius 1 is 1.67 bits per heavy atom. The van der Waals surface area contributed by atoms with E-state index in [2.05, 4.69) is 0 Å². The van der Waals surface area contributed by atoms with Gasteiger partial charge in [0.2, 0.25) is 0 Å². The van der Waals surface area contributed by atoms with Crippen LogP contribution in [0.2, 0.25) is 0 Å².